The molecule has 45 heavy (non-hydrogen) atoms. The average molecular weight is 644 g/mol. The maximum Gasteiger partial charge on any atom is 0.335 e. The molecule has 15 heteroatoms. The minimum atomic E-state index is -1.47. The van der Waals surface area contributed by atoms with Gasteiger partial charge in [-0.05, 0) is 36.4 Å². The van der Waals surface area contributed by atoms with Gasteiger partial charge in [0.25, 0.3) is 11.1 Å². The number of fused-ring (bicyclic) bond motifs is 1. The Morgan fingerprint density at radius 3 is 2.58 bits per heavy atom. The van der Waals surface area contributed by atoms with Crippen LogP contribution in [0.15, 0.2) is 36.4 Å². The van der Waals surface area contributed by atoms with Gasteiger partial charge in [-0.25, -0.2) is 32.3 Å². The van der Waals surface area contributed by atoms with Crippen LogP contribution in [0.25, 0.3) is 22.3 Å². The summed E-state index contributed by atoms with van der Waals surface area (Å²) in [6.07, 6.45) is -0.449. The topological polar surface area (TPSA) is 121 Å². The van der Waals surface area contributed by atoms with E-state index in [1.807, 2.05) is 13.8 Å². The molecule has 234 valence electrons. The molecule has 3 aromatic heterocycles. The van der Waals surface area contributed by atoms with Crippen LogP contribution in [0.2, 0.25) is 0 Å². The number of benzene rings is 2. The molecule has 4 heterocycles. The van der Waals surface area contributed by atoms with Crippen molar-refractivity contribution in [1.82, 2.24) is 24.7 Å². The van der Waals surface area contributed by atoms with Gasteiger partial charge in [0.15, 0.2) is 22.5 Å². The molecule has 0 saturated carbocycles. The number of nitrogens with zero attached hydrogens (tertiary/aromatic N) is 5. The third-order valence-electron chi connectivity index (χ3n) is 7.61. The lowest BCUT2D eigenvalue weighted by molar-refractivity contribution is 0.0697. The molecule has 0 spiro atoms. The van der Waals surface area contributed by atoms with Crippen LogP contribution in [0, 0.1) is 28.7 Å². The van der Waals surface area contributed by atoms with E-state index in [2.05, 4.69) is 20.2 Å². The third kappa shape index (κ3) is 5.68. The van der Waals surface area contributed by atoms with E-state index in [1.165, 1.54) is 25.3 Å². The number of carboxylic acid groups (broad SMARTS) is 1. The fraction of sp³-hybridized carbons (Fsp3) is 0.300. The standard InChI is InChI=1S/C30H25F4N5O5S/c1-30(2)13-43-11-22(30)39-21-8-14(28(40)41)4-6-20(21)35-23(39)10-15-18(32)9-16(26(34)25(15)33)19-7-5-17(31)27(36-19)44-12-24-37-38-29(42-3)45-24/h4-9,22H,10-13H2,1-3H3,(H,40,41)/t22-/m1/s1. The molecule has 1 atom stereocenters. The van der Waals surface area contributed by atoms with Crippen molar-refractivity contribution in [2.45, 2.75) is 32.9 Å². The van der Waals surface area contributed by atoms with Crippen molar-refractivity contribution in [2.75, 3.05) is 20.3 Å². The number of ether oxygens (including phenoxy) is 3. The normalized spacial score (nSPS) is 15.9. The Morgan fingerprint density at radius 1 is 1.09 bits per heavy atom. The molecule has 6 rings (SSSR count). The predicted octanol–water partition coefficient (Wildman–Crippen LogP) is 5.98. The van der Waals surface area contributed by atoms with E-state index in [1.54, 1.807) is 4.57 Å². The molecule has 1 N–H and O–H groups in total. The molecule has 0 radical (unpaired) electrons. The minimum Gasteiger partial charge on any atom is -0.478 e. The van der Waals surface area contributed by atoms with Crippen LogP contribution in [0.3, 0.4) is 0 Å². The Balaban J connectivity index is 1.36. The van der Waals surface area contributed by atoms with Crippen LogP contribution in [0.5, 0.6) is 11.1 Å². The molecule has 0 unspecified atom stereocenters. The number of carbonyl (C=O) groups is 1. The van der Waals surface area contributed by atoms with E-state index in [0.29, 0.717) is 22.6 Å². The maximum atomic E-state index is 15.7. The quantitative estimate of drug-likeness (QED) is 0.153. The summed E-state index contributed by atoms with van der Waals surface area (Å²) in [5.41, 5.74) is -0.955. The van der Waals surface area contributed by atoms with E-state index in [4.69, 9.17) is 14.2 Å². The second kappa shape index (κ2) is 11.7. The zero-order valence-electron chi connectivity index (χ0n) is 24.1. The van der Waals surface area contributed by atoms with Gasteiger partial charge in [-0.3, -0.25) is 0 Å². The lowest BCUT2D eigenvalue weighted by Gasteiger charge is -2.28. The van der Waals surface area contributed by atoms with Crippen molar-refractivity contribution in [3.05, 3.63) is 81.6 Å². The third-order valence-corrected chi connectivity index (χ3v) is 8.46. The molecule has 1 saturated heterocycles. The Labute approximate surface area is 257 Å². The first-order valence-corrected chi connectivity index (χ1v) is 14.4. The molecular formula is C30H25F4N5O5S. The van der Waals surface area contributed by atoms with Gasteiger partial charge in [-0.15, -0.1) is 5.10 Å². The number of carboxylic acids is 1. The molecule has 1 aliphatic rings. The highest BCUT2D eigenvalue weighted by molar-refractivity contribution is 7.13. The van der Waals surface area contributed by atoms with E-state index >= 15 is 13.2 Å². The number of hydrogen-bond acceptors (Lipinski definition) is 9. The Morgan fingerprint density at radius 2 is 1.89 bits per heavy atom. The Bertz CT molecular complexity index is 1950. The summed E-state index contributed by atoms with van der Waals surface area (Å²) in [6.45, 7) is 4.34. The summed E-state index contributed by atoms with van der Waals surface area (Å²) in [5.74, 6) is -6.29. The van der Waals surface area contributed by atoms with Gasteiger partial charge in [-0.2, -0.15) is 0 Å². The SMILES string of the molecule is COc1nnc(COc2nc(-c3cc(F)c(Cc4nc5ccc(C(=O)O)cc5n4[C@@H]4COCC4(C)C)c(F)c3F)ccc2F)s1. The average Bonchev–Trinajstić information content (AvgIpc) is 3.72. The highest BCUT2D eigenvalue weighted by Crippen LogP contribution is 2.41. The van der Waals surface area contributed by atoms with E-state index < -0.39 is 58.1 Å². The van der Waals surface area contributed by atoms with Gasteiger partial charge >= 0.3 is 5.97 Å². The van der Waals surface area contributed by atoms with Crippen LogP contribution in [0.1, 0.15) is 46.6 Å². The minimum absolute atomic E-state index is 0.0119. The summed E-state index contributed by atoms with van der Waals surface area (Å²) in [7, 11) is 1.41. The molecule has 0 amide bonds. The lowest BCUT2D eigenvalue weighted by atomic mass is 9.87. The number of aromatic carboxylic acids is 1. The number of rotatable bonds is 9. The molecule has 1 aliphatic heterocycles. The molecule has 10 nitrogen and oxygen atoms in total. The first-order valence-electron chi connectivity index (χ1n) is 13.6. The fourth-order valence-electron chi connectivity index (χ4n) is 5.25. The fourth-order valence-corrected chi connectivity index (χ4v) is 5.82. The van der Waals surface area contributed by atoms with E-state index in [0.717, 1.165) is 29.5 Å². The van der Waals surface area contributed by atoms with Crippen LogP contribution in [0.4, 0.5) is 17.6 Å². The van der Waals surface area contributed by atoms with Gasteiger partial charge in [0.1, 0.15) is 18.2 Å². The number of imidazole rings is 1. The Hall–Kier alpha value is -4.63. The summed E-state index contributed by atoms with van der Waals surface area (Å²) < 4.78 is 79.1. The summed E-state index contributed by atoms with van der Waals surface area (Å²) >= 11 is 1.06. The van der Waals surface area contributed by atoms with Crippen molar-refractivity contribution in [3.8, 4) is 22.3 Å². The zero-order valence-corrected chi connectivity index (χ0v) is 24.9. The second-order valence-electron chi connectivity index (χ2n) is 11.1. The summed E-state index contributed by atoms with van der Waals surface area (Å²) in [5, 5.41) is 17.7. The zero-order chi connectivity index (χ0) is 32.0. The van der Waals surface area contributed by atoms with Gasteiger partial charge < -0.3 is 23.9 Å². The number of aromatic nitrogens is 5. The first kappa shape index (κ1) is 30.4. The van der Waals surface area contributed by atoms with Crippen molar-refractivity contribution in [3.63, 3.8) is 0 Å². The molecule has 1 fully saturated rings. The summed E-state index contributed by atoms with van der Waals surface area (Å²) in [6, 6.07) is 6.80. The predicted molar refractivity (Wildman–Crippen MR) is 153 cm³/mol. The van der Waals surface area contributed by atoms with Crippen molar-refractivity contribution in [2.24, 2.45) is 5.41 Å². The summed E-state index contributed by atoms with van der Waals surface area (Å²) in [4.78, 5) is 20.2. The van der Waals surface area contributed by atoms with Crippen molar-refractivity contribution in [1.29, 1.82) is 0 Å². The van der Waals surface area contributed by atoms with Crippen molar-refractivity contribution < 1.29 is 41.7 Å². The van der Waals surface area contributed by atoms with E-state index in [9.17, 15) is 14.3 Å². The highest BCUT2D eigenvalue weighted by Gasteiger charge is 2.39. The Kier molecular flexibility index (Phi) is 7.91. The van der Waals surface area contributed by atoms with Crippen LogP contribution in [-0.2, 0) is 17.8 Å². The van der Waals surface area contributed by atoms with Gasteiger partial charge in [0.2, 0.25) is 0 Å². The molecule has 0 bridgehead atoms. The number of methoxy groups -OCH3 is 1. The van der Waals surface area contributed by atoms with Crippen molar-refractivity contribution >= 4 is 28.3 Å². The number of hydrogen-bond donors (Lipinski definition) is 1. The largest absolute Gasteiger partial charge is 0.478 e. The van der Waals surface area contributed by atoms with Crippen LogP contribution < -0.4 is 9.47 Å². The van der Waals surface area contributed by atoms with Gasteiger partial charge in [0, 0.05) is 23.0 Å². The smallest absolute Gasteiger partial charge is 0.335 e. The molecular weight excluding hydrogens is 618 g/mol. The lowest BCUT2D eigenvalue weighted by Crippen LogP contribution is -2.27. The van der Waals surface area contributed by atoms with Crippen LogP contribution >= 0.6 is 11.3 Å². The number of pyridine rings is 1. The molecule has 0 aliphatic carbocycles. The molecule has 5 aromatic rings. The molecule has 2 aromatic carbocycles. The van der Waals surface area contributed by atoms with Gasteiger partial charge in [0.05, 0.1) is 48.7 Å². The maximum absolute atomic E-state index is 15.7. The second-order valence-corrected chi connectivity index (χ2v) is 12.1. The first-order chi connectivity index (χ1) is 21.5. The van der Waals surface area contributed by atoms with E-state index in [-0.39, 0.29) is 41.5 Å². The van der Waals surface area contributed by atoms with Gasteiger partial charge in [-0.1, -0.05) is 30.3 Å². The van der Waals surface area contributed by atoms with Crippen LogP contribution in [-0.4, -0.2) is 56.1 Å². The monoisotopic (exact) mass is 643 g/mol. The number of halogens is 4. The highest BCUT2D eigenvalue weighted by atomic mass is 32.1.